The summed E-state index contributed by atoms with van der Waals surface area (Å²) in [4.78, 5) is 0. The molecule has 1 N–H and O–H groups in total. The van der Waals surface area contributed by atoms with Gasteiger partial charge in [-0.3, -0.25) is 0 Å². The number of benzene rings is 1. The Labute approximate surface area is 106 Å². The maximum atomic E-state index is 13.1. The van der Waals surface area contributed by atoms with Gasteiger partial charge in [-0.1, -0.05) is 0 Å². The topological polar surface area (TPSA) is 49.0 Å². The maximum absolute atomic E-state index is 13.1. The first kappa shape index (κ1) is 11.7. The Bertz CT molecular complexity index is 574. The second kappa shape index (κ2) is 5.02. The Morgan fingerprint density at radius 3 is 2.82 bits per heavy atom. The maximum Gasteiger partial charge on any atom is 0.169 e. The van der Waals surface area contributed by atoms with E-state index in [9.17, 15) is 4.39 Å². The molecule has 1 heterocycles. The number of nitrogens with zero attached hydrogens (tertiary/aromatic N) is 1. The molecule has 86 valence electrons. The fourth-order valence-corrected chi connectivity index (χ4v) is 1.70. The smallest absolute Gasteiger partial charge is 0.169 e. The van der Waals surface area contributed by atoms with Crippen molar-refractivity contribution in [2.45, 2.75) is 6.54 Å². The van der Waals surface area contributed by atoms with Gasteiger partial charge in [0.25, 0.3) is 0 Å². The molecule has 0 fully saturated rings. The van der Waals surface area contributed by atoms with E-state index in [4.69, 9.17) is 9.68 Å². The van der Waals surface area contributed by atoms with Gasteiger partial charge in [-0.05, 0) is 46.3 Å². The standard InChI is InChI=1S/C12H8BrFN2O/c13-12-4-2-10(17-12)7-16-9-1-3-11(14)8(5-9)6-15/h1-5,16H,7H2. The van der Waals surface area contributed by atoms with Crippen LogP contribution in [0.25, 0.3) is 0 Å². The molecule has 0 unspecified atom stereocenters. The minimum Gasteiger partial charge on any atom is -0.452 e. The summed E-state index contributed by atoms with van der Waals surface area (Å²) in [6.45, 7) is 0.474. The highest BCUT2D eigenvalue weighted by Crippen LogP contribution is 2.17. The minimum atomic E-state index is -0.515. The van der Waals surface area contributed by atoms with Crippen LogP contribution in [0.5, 0.6) is 0 Å². The minimum absolute atomic E-state index is 0.0237. The van der Waals surface area contributed by atoms with Crippen molar-refractivity contribution < 1.29 is 8.81 Å². The predicted octanol–water partition coefficient (Wildman–Crippen LogP) is 3.66. The molecule has 0 aliphatic carbocycles. The molecule has 0 atom stereocenters. The molecule has 0 aliphatic heterocycles. The molecule has 0 radical (unpaired) electrons. The second-order valence-corrected chi connectivity index (χ2v) is 4.15. The largest absolute Gasteiger partial charge is 0.452 e. The van der Waals surface area contributed by atoms with Crippen molar-refractivity contribution in [1.29, 1.82) is 5.26 Å². The van der Waals surface area contributed by atoms with Crippen molar-refractivity contribution in [3.05, 3.63) is 52.1 Å². The lowest BCUT2D eigenvalue weighted by Gasteiger charge is -2.04. The number of nitriles is 1. The third kappa shape index (κ3) is 2.86. The van der Waals surface area contributed by atoms with Crippen LogP contribution >= 0.6 is 15.9 Å². The molecule has 17 heavy (non-hydrogen) atoms. The van der Waals surface area contributed by atoms with Crippen molar-refractivity contribution in [1.82, 2.24) is 0 Å². The van der Waals surface area contributed by atoms with Crippen LogP contribution in [0.2, 0.25) is 0 Å². The number of nitrogens with one attached hydrogen (secondary N) is 1. The molecule has 0 aliphatic rings. The highest BCUT2D eigenvalue weighted by atomic mass is 79.9. The highest BCUT2D eigenvalue weighted by molar-refractivity contribution is 9.10. The molecule has 0 saturated carbocycles. The van der Waals surface area contributed by atoms with Crippen molar-refractivity contribution >= 4 is 21.6 Å². The van der Waals surface area contributed by atoms with E-state index in [1.807, 2.05) is 6.07 Å². The van der Waals surface area contributed by atoms with Crippen LogP contribution in [-0.4, -0.2) is 0 Å². The van der Waals surface area contributed by atoms with Crippen LogP contribution in [0.3, 0.4) is 0 Å². The van der Waals surface area contributed by atoms with Gasteiger partial charge in [-0.15, -0.1) is 0 Å². The third-order valence-corrected chi connectivity index (χ3v) is 2.61. The van der Waals surface area contributed by atoms with E-state index < -0.39 is 5.82 Å². The van der Waals surface area contributed by atoms with Gasteiger partial charge >= 0.3 is 0 Å². The molecular formula is C12H8BrFN2O. The van der Waals surface area contributed by atoms with Crippen molar-refractivity contribution in [3.63, 3.8) is 0 Å². The van der Waals surface area contributed by atoms with Crippen LogP contribution in [0.15, 0.2) is 39.4 Å². The summed E-state index contributed by atoms with van der Waals surface area (Å²) >= 11 is 3.20. The zero-order valence-electron chi connectivity index (χ0n) is 8.71. The Kier molecular flexibility index (Phi) is 3.45. The zero-order valence-corrected chi connectivity index (χ0v) is 10.3. The SMILES string of the molecule is N#Cc1cc(NCc2ccc(Br)o2)ccc1F. The van der Waals surface area contributed by atoms with Crippen LogP contribution in [-0.2, 0) is 6.54 Å². The van der Waals surface area contributed by atoms with E-state index in [1.54, 1.807) is 18.2 Å². The van der Waals surface area contributed by atoms with Gasteiger partial charge in [0.15, 0.2) is 4.67 Å². The van der Waals surface area contributed by atoms with Crippen molar-refractivity contribution in [2.75, 3.05) is 5.32 Å². The molecule has 0 saturated heterocycles. The molecular weight excluding hydrogens is 287 g/mol. The Morgan fingerprint density at radius 2 is 2.18 bits per heavy atom. The van der Waals surface area contributed by atoms with Crippen LogP contribution in [0.4, 0.5) is 10.1 Å². The van der Waals surface area contributed by atoms with Crippen molar-refractivity contribution in [2.24, 2.45) is 0 Å². The summed E-state index contributed by atoms with van der Waals surface area (Å²) in [7, 11) is 0. The van der Waals surface area contributed by atoms with Gasteiger partial charge in [0.05, 0.1) is 12.1 Å². The van der Waals surface area contributed by atoms with Gasteiger partial charge in [-0.2, -0.15) is 5.26 Å². The summed E-state index contributed by atoms with van der Waals surface area (Å²) in [5.74, 6) is 0.235. The average molecular weight is 295 g/mol. The van der Waals surface area contributed by atoms with Crippen LogP contribution in [0.1, 0.15) is 11.3 Å². The Morgan fingerprint density at radius 1 is 1.35 bits per heavy atom. The highest BCUT2D eigenvalue weighted by Gasteiger charge is 2.03. The van der Waals surface area contributed by atoms with E-state index in [2.05, 4.69) is 21.2 Å². The summed E-state index contributed by atoms with van der Waals surface area (Å²) in [6, 6.07) is 9.72. The monoisotopic (exact) mass is 294 g/mol. The van der Waals surface area contributed by atoms with Crippen molar-refractivity contribution in [3.8, 4) is 6.07 Å². The number of hydrogen-bond acceptors (Lipinski definition) is 3. The Balaban J connectivity index is 2.07. The zero-order chi connectivity index (χ0) is 12.3. The van der Waals surface area contributed by atoms with Gasteiger partial charge in [0.1, 0.15) is 17.6 Å². The predicted molar refractivity (Wildman–Crippen MR) is 64.8 cm³/mol. The number of hydrogen-bond donors (Lipinski definition) is 1. The normalized spacial score (nSPS) is 9.94. The van der Waals surface area contributed by atoms with E-state index >= 15 is 0 Å². The van der Waals surface area contributed by atoms with Gasteiger partial charge in [-0.25, -0.2) is 4.39 Å². The quantitative estimate of drug-likeness (QED) is 0.940. The fourth-order valence-electron chi connectivity index (χ4n) is 1.36. The lowest BCUT2D eigenvalue weighted by molar-refractivity contribution is 0.495. The molecule has 2 rings (SSSR count). The lowest BCUT2D eigenvalue weighted by Crippen LogP contribution is -1.99. The molecule has 0 spiro atoms. The third-order valence-electron chi connectivity index (χ3n) is 2.18. The molecule has 2 aromatic rings. The fraction of sp³-hybridized carbons (Fsp3) is 0.0833. The van der Waals surface area contributed by atoms with E-state index in [1.165, 1.54) is 12.1 Å². The molecule has 0 amide bonds. The summed E-state index contributed by atoms with van der Waals surface area (Å²) in [5.41, 5.74) is 0.700. The summed E-state index contributed by atoms with van der Waals surface area (Å²) in [5, 5.41) is 11.7. The summed E-state index contributed by atoms with van der Waals surface area (Å²) < 4.78 is 19.0. The molecule has 1 aromatic heterocycles. The van der Waals surface area contributed by atoms with Crippen LogP contribution in [0, 0.1) is 17.1 Å². The number of rotatable bonds is 3. The van der Waals surface area contributed by atoms with Gasteiger partial charge in [0, 0.05) is 5.69 Å². The lowest BCUT2D eigenvalue weighted by atomic mass is 10.2. The number of halogens is 2. The average Bonchev–Trinajstić information content (AvgIpc) is 2.74. The van der Waals surface area contributed by atoms with Crippen LogP contribution < -0.4 is 5.32 Å². The van der Waals surface area contributed by atoms with E-state index in [-0.39, 0.29) is 5.56 Å². The Hall–Kier alpha value is -1.80. The first-order chi connectivity index (χ1) is 8.19. The molecule has 3 nitrogen and oxygen atoms in total. The first-order valence-corrected chi connectivity index (χ1v) is 5.66. The second-order valence-electron chi connectivity index (χ2n) is 3.37. The molecule has 0 bridgehead atoms. The number of anilines is 1. The summed E-state index contributed by atoms with van der Waals surface area (Å²) in [6.07, 6.45) is 0. The molecule has 5 heteroatoms. The van der Waals surface area contributed by atoms with E-state index in [0.29, 0.717) is 16.9 Å². The van der Waals surface area contributed by atoms with Gasteiger partial charge in [0.2, 0.25) is 0 Å². The molecule has 1 aromatic carbocycles. The first-order valence-electron chi connectivity index (χ1n) is 4.87. The number of furan rings is 1. The van der Waals surface area contributed by atoms with Gasteiger partial charge < -0.3 is 9.73 Å². The van der Waals surface area contributed by atoms with E-state index in [0.717, 1.165) is 5.76 Å².